The monoisotopic (exact) mass is 352 g/mol. The number of nitrogens with zero attached hydrogens (tertiary/aromatic N) is 2. The van der Waals surface area contributed by atoms with Gasteiger partial charge >= 0.3 is 0 Å². The lowest BCUT2D eigenvalue weighted by Crippen LogP contribution is -2.14. The molecule has 0 radical (unpaired) electrons. The summed E-state index contributed by atoms with van der Waals surface area (Å²) < 4.78 is 0. The number of amides is 1. The normalized spacial score (nSPS) is 10.3. The zero-order valence-corrected chi connectivity index (χ0v) is 14.2. The van der Waals surface area contributed by atoms with Crippen molar-refractivity contribution in [2.24, 2.45) is 0 Å². The van der Waals surface area contributed by atoms with Crippen molar-refractivity contribution in [1.82, 2.24) is 9.97 Å². The Balaban J connectivity index is 1.52. The smallest absolute Gasteiger partial charge is 0.275 e. The van der Waals surface area contributed by atoms with Gasteiger partial charge in [0.05, 0.1) is 12.4 Å². The van der Waals surface area contributed by atoms with Crippen LogP contribution < -0.4 is 10.6 Å². The topological polar surface area (TPSA) is 66.9 Å². The molecule has 0 saturated heterocycles. The van der Waals surface area contributed by atoms with E-state index in [1.165, 1.54) is 6.20 Å². The van der Waals surface area contributed by atoms with E-state index in [-0.39, 0.29) is 11.6 Å². The second-order valence-corrected chi connectivity index (χ2v) is 5.85. The molecule has 3 aromatic rings. The SMILES string of the molecule is O=C(Nc1ccccc1)c1cnc(NCCc2cccc(Cl)c2)cn1. The summed E-state index contributed by atoms with van der Waals surface area (Å²) in [4.78, 5) is 20.5. The summed E-state index contributed by atoms with van der Waals surface area (Å²) in [5.41, 5.74) is 2.13. The van der Waals surface area contributed by atoms with Crippen LogP contribution in [0.2, 0.25) is 5.02 Å². The van der Waals surface area contributed by atoms with Gasteiger partial charge in [-0.15, -0.1) is 0 Å². The fourth-order valence-electron chi connectivity index (χ4n) is 2.28. The molecule has 2 N–H and O–H groups in total. The molecule has 126 valence electrons. The zero-order chi connectivity index (χ0) is 17.5. The Kier molecular flexibility index (Phi) is 5.59. The number of benzene rings is 2. The number of anilines is 2. The van der Waals surface area contributed by atoms with Gasteiger partial charge in [0.2, 0.25) is 0 Å². The minimum atomic E-state index is -0.288. The third-order valence-electron chi connectivity index (χ3n) is 3.52. The van der Waals surface area contributed by atoms with E-state index < -0.39 is 0 Å². The summed E-state index contributed by atoms with van der Waals surface area (Å²) in [5.74, 6) is 0.336. The first-order chi connectivity index (χ1) is 12.2. The summed E-state index contributed by atoms with van der Waals surface area (Å²) in [6, 6.07) is 17.0. The molecule has 0 unspecified atom stereocenters. The molecular weight excluding hydrogens is 336 g/mol. The minimum Gasteiger partial charge on any atom is -0.368 e. The molecule has 0 fully saturated rings. The average Bonchev–Trinajstić information content (AvgIpc) is 2.63. The lowest BCUT2D eigenvalue weighted by molar-refractivity contribution is 0.102. The van der Waals surface area contributed by atoms with E-state index in [1.807, 2.05) is 54.6 Å². The molecule has 0 aliphatic heterocycles. The van der Waals surface area contributed by atoms with Crippen molar-refractivity contribution in [3.05, 3.63) is 83.3 Å². The Morgan fingerprint density at radius 2 is 1.84 bits per heavy atom. The van der Waals surface area contributed by atoms with E-state index in [1.54, 1.807) is 6.20 Å². The van der Waals surface area contributed by atoms with Crippen LogP contribution in [0.5, 0.6) is 0 Å². The molecule has 0 saturated carbocycles. The maximum Gasteiger partial charge on any atom is 0.275 e. The van der Waals surface area contributed by atoms with Crippen LogP contribution in [-0.4, -0.2) is 22.4 Å². The van der Waals surface area contributed by atoms with Gasteiger partial charge in [-0.2, -0.15) is 0 Å². The highest BCUT2D eigenvalue weighted by Crippen LogP contribution is 2.12. The molecule has 0 atom stereocenters. The molecule has 0 aliphatic rings. The first-order valence-corrected chi connectivity index (χ1v) is 8.25. The van der Waals surface area contributed by atoms with Gasteiger partial charge in [-0.05, 0) is 36.2 Å². The fourth-order valence-corrected chi connectivity index (χ4v) is 2.49. The van der Waals surface area contributed by atoms with Crippen LogP contribution >= 0.6 is 11.6 Å². The van der Waals surface area contributed by atoms with Crippen molar-refractivity contribution in [3.63, 3.8) is 0 Å². The average molecular weight is 353 g/mol. The van der Waals surface area contributed by atoms with Gasteiger partial charge in [-0.25, -0.2) is 9.97 Å². The summed E-state index contributed by atoms with van der Waals surface area (Å²) in [7, 11) is 0. The summed E-state index contributed by atoms with van der Waals surface area (Å²) >= 11 is 5.97. The number of rotatable bonds is 6. The largest absolute Gasteiger partial charge is 0.368 e. The van der Waals surface area contributed by atoms with Gasteiger partial charge < -0.3 is 10.6 Å². The maximum atomic E-state index is 12.1. The number of carbonyl (C=O) groups is 1. The van der Waals surface area contributed by atoms with Crippen molar-refractivity contribution in [1.29, 1.82) is 0 Å². The van der Waals surface area contributed by atoms with E-state index in [4.69, 9.17) is 11.6 Å². The third-order valence-corrected chi connectivity index (χ3v) is 3.76. The van der Waals surface area contributed by atoms with Crippen molar-refractivity contribution >= 4 is 29.0 Å². The number of nitrogens with one attached hydrogen (secondary N) is 2. The van der Waals surface area contributed by atoms with Crippen LogP contribution in [0, 0.1) is 0 Å². The van der Waals surface area contributed by atoms with Gasteiger partial charge in [0.15, 0.2) is 0 Å². The van der Waals surface area contributed by atoms with Crippen LogP contribution in [0.4, 0.5) is 11.5 Å². The standard InChI is InChI=1S/C19H17ClN4O/c20-15-6-4-5-14(11-15)9-10-21-18-13-22-17(12-23-18)19(25)24-16-7-2-1-3-8-16/h1-8,11-13H,9-10H2,(H,21,23)(H,24,25). The second kappa shape index (κ2) is 8.26. The van der Waals surface area contributed by atoms with Crippen molar-refractivity contribution in [3.8, 4) is 0 Å². The molecule has 1 amide bonds. The van der Waals surface area contributed by atoms with E-state index in [0.29, 0.717) is 12.4 Å². The summed E-state index contributed by atoms with van der Waals surface area (Å²) in [5, 5.41) is 6.68. The highest BCUT2D eigenvalue weighted by molar-refractivity contribution is 6.30. The second-order valence-electron chi connectivity index (χ2n) is 5.41. The van der Waals surface area contributed by atoms with E-state index in [0.717, 1.165) is 22.7 Å². The minimum absolute atomic E-state index is 0.268. The molecule has 0 bridgehead atoms. The molecular formula is C19H17ClN4O. The molecule has 25 heavy (non-hydrogen) atoms. The van der Waals surface area contributed by atoms with Gasteiger partial charge in [-0.3, -0.25) is 4.79 Å². The third kappa shape index (κ3) is 5.02. The van der Waals surface area contributed by atoms with Crippen molar-refractivity contribution in [2.75, 3.05) is 17.2 Å². The number of carbonyl (C=O) groups excluding carboxylic acids is 1. The molecule has 3 rings (SSSR count). The summed E-state index contributed by atoms with van der Waals surface area (Å²) in [6.07, 6.45) is 3.83. The van der Waals surface area contributed by atoms with Crippen molar-refractivity contribution in [2.45, 2.75) is 6.42 Å². The predicted octanol–water partition coefficient (Wildman–Crippen LogP) is 4.04. The maximum absolute atomic E-state index is 12.1. The number of halogens is 1. The van der Waals surface area contributed by atoms with Gasteiger partial charge in [-0.1, -0.05) is 41.9 Å². The first-order valence-electron chi connectivity index (χ1n) is 7.87. The number of para-hydroxylation sites is 1. The number of hydrogen-bond acceptors (Lipinski definition) is 4. The molecule has 0 spiro atoms. The molecule has 1 aromatic heterocycles. The Labute approximate surface area is 151 Å². The molecule has 6 heteroatoms. The molecule has 5 nitrogen and oxygen atoms in total. The van der Waals surface area contributed by atoms with Gasteiger partial charge in [0.25, 0.3) is 5.91 Å². The van der Waals surface area contributed by atoms with Crippen LogP contribution in [-0.2, 0) is 6.42 Å². The van der Waals surface area contributed by atoms with Crippen molar-refractivity contribution < 1.29 is 4.79 Å². The Morgan fingerprint density at radius 3 is 2.56 bits per heavy atom. The molecule has 2 aromatic carbocycles. The Morgan fingerprint density at radius 1 is 1.00 bits per heavy atom. The van der Waals surface area contributed by atoms with Crippen LogP contribution in [0.15, 0.2) is 67.0 Å². The summed E-state index contributed by atoms with van der Waals surface area (Å²) in [6.45, 7) is 0.699. The number of aromatic nitrogens is 2. The Bertz CT molecular complexity index is 838. The highest BCUT2D eigenvalue weighted by Gasteiger charge is 2.08. The number of hydrogen-bond donors (Lipinski definition) is 2. The van der Waals surface area contributed by atoms with Crippen LogP contribution in [0.25, 0.3) is 0 Å². The van der Waals surface area contributed by atoms with Crippen LogP contribution in [0.3, 0.4) is 0 Å². The molecule has 0 aliphatic carbocycles. The fraction of sp³-hybridized carbons (Fsp3) is 0.105. The Hall–Kier alpha value is -2.92. The predicted molar refractivity (Wildman–Crippen MR) is 100 cm³/mol. The van der Waals surface area contributed by atoms with Crippen LogP contribution in [0.1, 0.15) is 16.1 Å². The van der Waals surface area contributed by atoms with Gasteiger partial charge in [0.1, 0.15) is 11.5 Å². The lowest BCUT2D eigenvalue weighted by atomic mass is 10.1. The van der Waals surface area contributed by atoms with Gasteiger partial charge in [0, 0.05) is 17.3 Å². The first kappa shape index (κ1) is 16.9. The zero-order valence-electron chi connectivity index (χ0n) is 13.4. The lowest BCUT2D eigenvalue weighted by Gasteiger charge is -2.07. The highest BCUT2D eigenvalue weighted by atomic mass is 35.5. The van der Waals surface area contributed by atoms with E-state index in [9.17, 15) is 4.79 Å². The molecule has 1 heterocycles. The van der Waals surface area contributed by atoms with E-state index in [2.05, 4.69) is 20.6 Å². The van der Waals surface area contributed by atoms with E-state index >= 15 is 0 Å². The quantitative estimate of drug-likeness (QED) is 0.702.